The minimum Gasteiger partial charge on any atom is -0.497 e. The molecule has 1 fully saturated rings. The lowest BCUT2D eigenvalue weighted by Crippen LogP contribution is -2.47. The maximum absolute atomic E-state index is 12.6. The number of aromatic nitrogens is 2. The van der Waals surface area contributed by atoms with Crippen LogP contribution in [0.5, 0.6) is 5.75 Å². The molecule has 1 saturated heterocycles. The minimum absolute atomic E-state index is 0.0272. The molecule has 0 spiro atoms. The first kappa shape index (κ1) is 17.0. The van der Waals surface area contributed by atoms with E-state index >= 15 is 0 Å². The first-order valence-electron chi connectivity index (χ1n) is 8.17. The number of amides is 1. The molecular formula is C18H22N4O3. The summed E-state index contributed by atoms with van der Waals surface area (Å²) in [5, 5.41) is 4.10. The Kier molecular flexibility index (Phi) is 4.74. The summed E-state index contributed by atoms with van der Waals surface area (Å²) in [5.41, 5.74) is 1.48. The Morgan fingerprint density at radius 3 is 2.76 bits per heavy atom. The van der Waals surface area contributed by atoms with Gasteiger partial charge in [0.1, 0.15) is 12.3 Å². The summed E-state index contributed by atoms with van der Waals surface area (Å²) < 4.78 is 6.45. The van der Waals surface area contributed by atoms with Gasteiger partial charge in [-0.2, -0.15) is 5.10 Å². The second-order valence-corrected chi connectivity index (χ2v) is 6.27. The molecule has 1 atom stereocenters. The first-order valence-corrected chi connectivity index (χ1v) is 8.17. The Bertz CT molecular complexity index is 831. The van der Waals surface area contributed by atoms with Crippen molar-refractivity contribution >= 4 is 11.6 Å². The van der Waals surface area contributed by atoms with Gasteiger partial charge in [0.15, 0.2) is 0 Å². The van der Waals surface area contributed by atoms with Gasteiger partial charge in [-0.25, -0.2) is 4.68 Å². The van der Waals surface area contributed by atoms with Gasteiger partial charge in [0.2, 0.25) is 5.91 Å². The van der Waals surface area contributed by atoms with E-state index in [1.54, 1.807) is 23.1 Å². The van der Waals surface area contributed by atoms with Crippen molar-refractivity contribution in [2.24, 2.45) is 0 Å². The van der Waals surface area contributed by atoms with Crippen LogP contribution in [0.15, 0.2) is 41.3 Å². The number of rotatable bonds is 5. The van der Waals surface area contributed by atoms with E-state index in [2.05, 4.69) is 5.10 Å². The van der Waals surface area contributed by atoms with Gasteiger partial charge in [0.05, 0.1) is 25.0 Å². The third-order valence-electron chi connectivity index (χ3n) is 4.48. The van der Waals surface area contributed by atoms with E-state index < -0.39 is 0 Å². The van der Waals surface area contributed by atoms with E-state index in [9.17, 15) is 9.59 Å². The molecule has 7 nitrogen and oxygen atoms in total. The topological polar surface area (TPSA) is 67.7 Å². The molecule has 0 bridgehead atoms. The number of anilines is 1. The molecule has 2 aromatic rings. The molecule has 0 unspecified atom stereocenters. The summed E-state index contributed by atoms with van der Waals surface area (Å²) in [6.07, 6.45) is 2.49. The van der Waals surface area contributed by atoms with Gasteiger partial charge >= 0.3 is 0 Å². The lowest BCUT2D eigenvalue weighted by Gasteiger charge is -2.41. The fourth-order valence-electron chi connectivity index (χ4n) is 2.89. The Morgan fingerprint density at radius 2 is 2.16 bits per heavy atom. The highest BCUT2D eigenvalue weighted by atomic mass is 16.5. The van der Waals surface area contributed by atoms with E-state index in [0.29, 0.717) is 12.2 Å². The van der Waals surface area contributed by atoms with E-state index in [1.165, 1.54) is 10.7 Å². The third-order valence-corrected chi connectivity index (χ3v) is 4.48. The lowest BCUT2D eigenvalue weighted by molar-refractivity contribution is -0.140. The largest absolute Gasteiger partial charge is 0.497 e. The number of carbonyl (C=O) groups excluding carboxylic acids is 1. The minimum atomic E-state index is -0.280. The summed E-state index contributed by atoms with van der Waals surface area (Å²) in [5.74, 6) is 0.667. The fraction of sp³-hybridized carbons (Fsp3) is 0.389. The van der Waals surface area contributed by atoms with Crippen LogP contribution in [0.25, 0.3) is 0 Å². The van der Waals surface area contributed by atoms with Gasteiger partial charge in [-0.15, -0.1) is 0 Å². The van der Waals surface area contributed by atoms with Crippen molar-refractivity contribution in [1.82, 2.24) is 14.7 Å². The van der Waals surface area contributed by atoms with E-state index in [1.807, 2.05) is 38.4 Å². The van der Waals surface area contributed by atoms with Gasteiger partial charge in [-0.3, -0.25) is 9.59 Å². The van der Waals surface area contributed by atoms with Crippen LogP contribution in [0.3, 0.4) is 0 Å². The van der Waals surface area contributed by atoms with Crippen LogP contribution in [0.2, 0.25) is 0 Å². The van der Waals surface area contributed by atoms with Gasteiger partial charge in [-0.05, 0) is 24.1 Å². The van der Waals surface area contributed by atoms with Gasteiger partial charge < -0.3 is 14.5 Å². The quantitative estimate of drug-likeness (QED) is 0.819. The second kappa shape index (κ2) is 6.96. The molecule has 7 heteroatoms. The van der Waals surface area contributed by atoms with Crippen molar-refractivity contribution in [2.45, 2.75) is 19.0 Å². The van der Waals surface area contributed by atoms with Gasteiger partial charge in [0, 0.05) is 26.7 Å². The molecular weight excluding hydrogens is 320 g/mol. The number of likely N-dealkylation sites (tertiary alicyclic amines) is 1. The molecule has 1 amide bonds. The fourth-order valence-corrected chi connectivity index (χ4v) is 2.89. The molecule has 2 heterocycles. The molecule has 0 saturated carbocycles. The smallest absolute Gasteiger partial charge is 0.269 e. The average Bonchev–Trinajstić information content (AvgIpc) is 2.55. The summed E-state index contributed by atoms with van der Waals surface area (Å²) >= 11 is 0. The zero-order valence-corrected chi connectivity index (χ0v) is 14.7. The van der Waals surface area contributed by atoms with E-state index in [-0.39, 0.29) is 24.1 Å². The van der Waals surface area contributed by atoms with Crippen LogP contribution >= 0.6 is 0 Å². The zero-order valence-electron chi connectivity index (χ0n) is 14.7. The van der Waals surface area contributed by atoms with Gasteiger partial charge in [0.25, 0.3) is 5.56 Å². The molecule has 3 rings (SSSR count). The SMILES string of the molecule is COc1cccc([C@H]2CCN2C(=O)Cn2ncc(N(C)C)cc2=O)c1. The molecule has 1 aliphatic heterocycles. The highest BCUT2D eigenvalue weighted by Gasteiger charge is 2.33. The zero-order chi connectivity index (χ0) is 18.0. The number of benzene rings is 1. The van der Waals surface area contributed by atoms with Gasteiger partial charge in [-0.1, -0.05) is 12.1 Å². The summed E-state index contributed by atoms with van der Waals surface area (Å²) in [6.45, 7) is 0.637. The van der Waals surface area contributed by atoms with Crippen LogP contribution in [0, 0.1) is 0 Å². The van der Waals surface area contributed by atoms with Crippen molar-refractivity contribution in [2.75, 3.05) is 32.6 Å². The maximum Gasteiger partial charge on any atom is 0.269 e. The van der Waals surface area contributed by atoms with Crippen molar-refractivity contribution in [1.29, 1.82) is 0 Å². The summed E-state index contributed by atoms with van der Waals surface area (Å²) in [4.78, 5) is 28.3. The molecule has 0 aliphatic carbocycles. The van der Waals surface area contributed by atoms with Crippen molar-refractivity contribution < 1.29 is 9.53 Å². The highest BCUT2D eigenvalue weighted by molar-refractivity contribution is 5.77. The number of hydrogen-bond acceptors (Lipinski definition) is 5. The molecule has 0 radical (unpaired) electrons. The molecule has 25 heavy (non-hydrogen) atoms. The van der Waals surface area contributed by atoms with Crippen molar-refractivity contribution in [3.8, 4) is 5.75 Å². The Hall–Kier alpha value is -2.83. The monoisotopic (exact) mass is 342 g/mol. The van der Waals surface area contributed by atoms with Crippen LogP contribution in [0.1, 0.15) is 18.0 Å². The Balaban J connectivity index is 1.72. The first-order chi connectivity index (χ1) is 12.0. The number of carbonyl (C=O) groups is 1. The summed E-state index contributed by atoms with van der Waals surface area (Å²) in [7, 11) is 5.30. The van der Waals surface area contributed by atoms with Crippen molar-refractivity contribution in [3.63, 3.8) is 0 Å². The number of hydrogen-bond donors (Lipinski definition) is 0. The van der Waals surface area contributed by atoms with Crippen LogP contribution in [-0.4, -0.2) is 48.3 Å². The average molecular weight is 342 g/mol. The highest BCUT2D eigenvalue weighted by Crippen LogP contribution is 2.34. The maximum atomic E-state index is 12.6. The summed E-state index contributed by atoms with van der Waals surface area (Å²) in [6, 6.07) is 9.24. The van der Waals surface area contributed by atoms with Crippen molar-refractivity contribution in [3.05, 3.63) is 52.4 Å². The Labute approximate surface area is 146 Å². The molecule has 132 valence electrons. The number of ether oxygens (including phenoxy) is 1. The van der Waals surface area contributed by atoms with Crippen LogP contribution in [0.4, 0.5) is 5.69 Å². The second-order valence-electron chi connectivity index (χ2n) is 6.27. The third kappa shape index (κ3) is 3.50. The predicted molar refractivity (Wildman–Crippen MR) is 94.9 cm³/mol. The number of methoxy groups -OCH3 is 1. The normalized spacial score (nSPS) is 16.3. The predicted octanol–water partition coefficient (Wildman–Crippen LogP) is 1.29. The Morgan fingerprint density at radius 1 is 1.36 bits per heavy atom. The molecule has 1 aromatic carbocycles. The van der Waals surface area contributed by atoms with Crippen LogP contribution < -0.4 is 15.2 Å². The molecule has 1 aliphatic rings. The molecule has 0 N–H and O–H groups in total. The number of nitrogens with zero attached hydrogens (tertiary/aromatic N) is 4. The lowest BCUT2D eigenvalue weighted by atomic mass is 9.94. The standard InChI is InChI=1S/C18H22N4O3/c1-20(2)14-10-17(23)22(19-11-14)12-18(24)21-8-7-16(21)13-5-4-6-15(9-13)25-3/h4-6,9-11,16H,7-8,12H2,1-3H3/t16-/m1/s1. The van der Waals surface area contributed by atoms with E-state index in [4.69, 9.17) is 4.74 Å². The molecule has 1 aromatic heterocycles. The van der Waals surface area contributed by atoms with E-state index in [0.717, 1.165) is 17.7 Å². The van der Waals surface area contributed by atoms with Crippen LogP contribution in [-0.2, 0) is 11.3 Å².